The van der Waals surface area contributed by atoms with Gasteiger partial charge in [-0.2, -0.15) is 0 Å². The second kappa shape index (κ2) is 10.6. The molecule has 3 atom stereocenters. The first kappa shape index (κ1) is 19.9. The number of carbonyl (C=O) groups excluding carboxylic acids is 1. The maximum atomic E-state index is 12.1. The van der Waals surface area contributed by atoms with Crippen molar-refractivity contribution in [2.75, 3.05) is 20.3 Å². The molecule has 0 aromatic heterocycles. The zero-order valence-corrected chi connectivity index (χ0v) is 14.4. The van der Waals surface area contributed by atoms with E-state index in [1.165, 1.54) is 0 Å². The topological polar surface area (TPSA) is 73.6 Å². The molecule has 1 aliphatic carbocycles. The number of carbonyl (C=O) groups is 1. The molecule has 6 heteroatoms. The maximum absolute atomic E-state index is 12.1. The van der Waals surface area contributed by atoms with Gasteiger partial charge in [0.1, 0.15) is 0 Å². The minimum atomic E-state index is -0.0520. The van der Waals surface area contributed by atoms with E-state index in [4.69, 9.17) is 15.2 Å². The summed E-state index contributed by atoms with van der Waals surface area (Å²) in [4.78, 5) is 12.1. The number of nitrogens with one attached hydrogen (secondary N) is 1. The third kappa shape index (κ3) is 6.47. The number of benzene rings is 1. The van der Waals surface area contributed by atoms with E-state index in [1.807, 2.05) is 30.3 Å². The summed E-state index contributed by atoms with van der Waals surface area (Å²) < 4.78 is 10.9. The Morgan fingerprint density at radius 2 is 2.04 bits per heavy atom. The van der Waals surface area contributed by atoms with E-state index in [9.17, 15) is 4.79 Å². The fraction of sp³-hybridized carbons (Fsp3) is 0.588. The van der Waals surface area contributed by atoms with Crippen LogP contribution in [-0.2, 0) is 20.9 Å². The van der Waals surface area contributed by atoms with Crippen LogP contribution >= 0.6 is 12.4 Å². The van der Waals surface area contributed by atoms with Crippen LogP contribution in [0, 0.1) is 5.92 Å². The molecule has 130 valence electrons. The molecule has 0 bridgehead atoms. The van der Waals surface area contributed by atoms with Gasteiger partial charge in [0.05, 0.1) is 19.3 Å². The first-order valence-corrected chi connectivity index (χ1v) is 7.88. The number of rotatable bonds is 7. The number of methoxy groups -OCH3 is 1. The molecule has 23 heavy (non-hydrogen) atoms. The highest BCUT2D eigenvalue weighted by atomic mass is 35.5. The lowest BCUT2D eigenvalue weighted by Crippen LogP contribution is -2.46. The molecule has 1 aromatic carbocycles. The van der Waals surface area contributed by atoms with Crippen LogP contribution < -0.4 is 11.1 Å². The molecule has 0 heterocycles. The molecule has 1 amide bonds. The largest absolute Gasteiger partial charge is 0.380 e. The van der Waals surface area contributed by atoms with Crippen molar-refractivity contribution in [1.82, 2.24) is 5.32 Å². The summed E-state index contributed by atoms with van der Waals surface area (Å²) in [6.45, 7) is 1.62. The molecule has 3 N–H and O–H groups in total. The molecular weight excluding hydrogens is 316 g/mol. The number of halogens is 1. The zero-order chi connectivity index (χ0) is 15.8. The van der Waals surface area contributed by atoms with Crippen LogP contribution in [0.4, 0.5) is 0 Å². The van der Waals surface area contributed by atoms with Gasteiger partial charge in [-0.25, -0.2) is 0 Å². The first-order valence-electron chi connectivity index (χ1n) is 7.88. The molecule has 2 rings (SSSR count). The summed E-state index contributed by atoms with van der Waals surface area (Å²) in [5.74, 6) is 0.0730. The molecule has 0 saturated heterocycles. The monoisotopic (exact) mass is 342 g/mol. The SMILES string of the molecule is CO[C@@H]1CC[C@H](C(=O)NCCOCc2ccccc2)C[C@H]1N.Cl. The van der Waals surface area contributed by atoms with Crippen LogP contribution in [0.15, 0.2) is 30.3 Å². The van der Waals surface area contributed by atoms with Crippen LogP contribution in [0.3, 0.4) is 0 Å². The summed E-state index contributed by atoms with van der Waals surface area (Å²) in [5.41, 5.74) is 7.17. The lowest BCUT2D eigenvalue weighted by molar-refractivity contribution is -0.127. The minimum absolute atomic E-state index is 0. The number of nitrogens with two attached hydrogens (primary N) is 1. The third-order valence-corrected chi connectivity index (χ3v) is 4.16. The maximum Gasteiger partial charge on any atom is 0.223 e. The van der Waals surface area contributed by atoms with E-state index in [1.54, 1.807) is 7.11 Å². The second-order valence-electron chi connectivity index (χ2n) is 5.78. The molecule has 0 radical (unpaired) electrons. The van der Waals surface area contributed by atoms with Crippen molar-refractivity contribution in [3.05, 3.63) is 35.9 Å². The quantitative estimate of drug-likeness (QED) is 0.742. The number of hydrogen-bond acceptors (Lipinski definition) is 4. The summed E-state index contributed by atoms with van der Waals surface area (Å²) in [7, 11) is 1.68. The van der Waals surface area contributed by atoms with Gasteiger partial charge in [-0.3, -0.25) is 4.79 Å². The normalized spacial score (nSPS) is 23.8. The smallest absolute Gasteiger partial charge is 0.223 e. The summed E-state index contributed by atoms with van der Waals surface area (Å²) in [6.07, 6.45) is 2.46. The van der Waals surface area contributed by atoms with Gasteiger partial charge in [-0.1, -0.05) is 30.3 Å². The van der Waals surface area contributed by atoms with Crippen molar-refractivity contribution in [2.24, 2.45) is 11.7 Å². The van der Waals surface area contributed by atoms with Gasteiger partial charge >= 0.3 is 0 Å². The Balaban J connectivity index is 0.00000264. The van der Waals surface area contributed by atoms with Crippen LogP contribution in [0.25, 0.3) is 0 Å². The van der Waals surface area contributed by atoms with Crippen LogP contribution in [0.2, 0.25) is 0 Å². The van der Waals surface area contributed by atoms with Gasteiger partial charge in [0.2, 0.25) is 5.91 Å². The predicted octanol–water partition coefficient (Wildman–Crippen LogP) is 1.88. The highest BCUT2D eigenvalue weighted by Crippen LogP contribution is 2.25. The van der Waals surface area contributed by atoms with Gasteiger partial charge in [0.25, 0.3) is 0 Å². The van der Waals surface area contributed by atoms with Crippen molar-refractivity contribution in [2.45, 2.75) is 38.0 Å². The average Bonchev–Trinajstić information content (AvgIpc) is 2.55. The van der Waals surface area contributed by atoms with Gasteiger partial charge in [0, 0.05) is 25.6 Å². The molecule has 0 aliphatic heterocycles. The number of amides is 1. The summed E-state index contributed by atoms with van der Waals surface area (Å²) >= 11 is 0. The Bertz CT molecular complexity index is 458. The molecule has 5 nitrogen and oxygen atoms in total. The molecule has 1 aliphatic rings. The molecule has 0 spiro atoms. The Morgan fingerprint density at radius 1 is 1.30 bits per heavy atom. The molecule has 1 fully saturated rings. The highest BCUT2D eigenvalue weighted by molar-refractivity contribution is 5.85. The lowest BCUT2D eigenvalue weighted by Gasteiger charge is -2.32. The van der Waals surface area contributed by atoms with E-state index in [-0.39, 0.29) is 36.4 Å². The minimum Gasteiger partial charge on any atom is -0.380 e. The fourth-order valence-corrected chi connectivity index (χ4v) is 2.86. The Hall–Kier alpha value is -1.14. The average molecular weight is 343 g/mol. The van der Waals surface area contributed by atoms with Crippen molar-refractivity contribution in [1.29, 1.82) is 0 Å². The lowest BCUT2D eigenvalue weighted by atomic mass is 9.83. The van der Waals surface area contributed by atoms with Crippen LogP contribution in [-0.4, -0.2) is 38.3 Å². The van der Waals surface area contributed by atoms with Crippen molar-refractivity contribution < 1.29 is 14.3 Å². The van der Waals surface area contributed by atoms with E-state index >= 15 is 0 Å². The van der Waals surface area contributed by atoms with Gasteiger partial charge < -0.3 is 20.5 Å². The van der Waals surface area contributed by atoms with Crippen molar-refractivity contribution in [3.8, 4) is 0 Å². The standard InChI is InChI=1S/C17H26N2O3.ClH/c1-21-16-8-7-14(11-15(16)18)17(20)19-9-10-22-12-13-5-3-2-4-6-13;/h2-6,14-16H,7-12,18H2,1H3,(H,19,20);1H/t14-,15+,16+;/m0./s1. The number of hydrogen-bond donors (Lipinski definition) is 2. The zero-order valence-electron chi connectivity index (χ0n) is 13.6. The van der Waals surface area contributed by atoms with E-state index in [0.717, 1.165) is 18.4 Å². The van der Waals surface area contributed by atoms with Crippen molar-refractivity contribution >= 4 is 18.3 Å². The number of ether oxygens (including phenoxy) is 2. The first-order chi connectivity index (χ1) is 10.7. The van der Waals surface area contributed by atoms with E-state index in [2.05, 4.69) is 5.32 Å². The van der Waals surface area contributed by atoms with Gasteiger partial charge in [-0.05, 0) is 24.8 Å². The molecule has 1 saturated carbocycles. The summed E-state index contributed by atoms with van der Waals surface area (Å²) in [5, 5.41) is 2.93. The molecule has 1 aromatic rings. The van der Waals surface area contributed by atoms with Crippen molar-refractivity contribution in [3.63, 3.8) is 0 Å². The third-order valence-electron chi connectivity index (χ3n) is 4.16. The van der Waals surface area contributed by atoms with E-state index in [0.29, 0.717) is 26.2 Å². The van der Waals surface area contributed by atoms with E-state index < -0.39 is 0 Å². The summed E-state index contributed by atoms with van der Waals surface area (Å²) in [6, 6.07) is 9.94. The molecular formula is C17H27ClN2O3. The van der Waals surface area contributed by atoms with Gasteiger partial charge in [0.15, 0.2) is 0 Å². The fourth-order valence-electron chi connectivity index (χ4n) is 2.86. The highest BCUT2D eigenvalue weighted by Gasteiger charge is 2.31. The molecule has 0 unspecified atom stereocenters. The Kier molecular flexibility index (Phi) is 9.17. The van der Waals surface area contributed by atoms with Gasteiger partial charge in [-0.15, -0.1) is 12.4 Å². The predicted molar refractivity (Wildman–Crippen MR) is 92.5 cm³/mol. The second-order valence-corrected chi connectivity index (χ2v) is 5.78. The van der Waals surface area contributed by atoms with Crippen LogP contribution in [0.5, 0.6) is 0 Å². The Morgan fingerprint density at radius 3 is 2.70 bits per heavy atom. The Labute approximate surface area is 144 Å². The van der Waals surface area contributed by atoms with Crippen LogP contribution in [0.1, 0.15) is 24.8 Å².